The molecular formula is C15H18N2O3S. The molecule has 0 bridgehead atoms. The van der Waals surface area contributed by atoms with E-state index in [0.717, 1.165) is 21.5 Å². The Labute approximate surface area is 127 Å². The predicted octanol–water partition coefficient (Wildman–Crippen LogP) is 3.44. The summed E-state index contributed by atoms with van der Waals surface area (Å²) in [6, 6.07) is 1.94. The van der Waals surface area contributed by atoms with Gasteiger partial charge < -0.3 is 10.1 Å². The number of carbonyl (C=O) groups excluding carboxylic acids is 2. The molecule has 2 rings (SSSR count). The van der Waals surface area contributed by atoms with Crippen LogP contribution in [-0.4, -0.2) is 23.5 Å². The Hall–Kier alpha value is -1.95. The van der Waals surface area contributed by atoms with Gasteiger partial charge in [0.05, 0.1) is 12.3 Å². The first kappa shape index (κ1) is 15.4. The summed E-state index contributed by atoms with van der Waals surface area (Å²) in [7, 11) is 0. The zero-order chi connectivity index (χ0) is 15.6. The molecule has 0 radical (unpaired) electrons. The number of nitrogens with zero attached hydrogens (tertiary/aromatic N) is 1. The highest BCUT2D eigenvalue weighted by Crippen LogP contribution is 2.37. The first-order valence-electron chi connectivity index (χ1n) is 6.85. The Morgan fingerprint density at radius 3 is 2.67 bits per heavy atom. The summed E-state index contributed by atoms with van der Waals surface area (Å²) in [6.45, 7) is 7.66. The maximum absolute atomic E-state index is 12.1. The number of amides is 1. The van der Waals surface area contributed by atoms with E-state index in [9.17, 15) is 9.59 Å². The van der Waals surface area contributed by atoms with Gasteiger partial charge in [-0.3, -0.25) is 4.79 Å². The second-order valence-corrected chi connectivity index (χ2v) is 5.69. The Morgan fingerprint density at radius 2 is 2.05 bits per heavy atom. The fraction of sp³-hybridized carbons (Fsp3) is 0.400. The number of carbonyl (C=O) groups is 2. The van der Waals surface area contributed by atoms with Crippen molar-refractivity contribution in [3.05, 3.63) is 22.2 Å². The lowest BCUT2D eigenvalue weighted by atomic mass is 10.1. The highest BCUT2D eigenvalue weighted by molar-refractivity contribution is 7.21. The van der Waals surface area contributed by atoms with Crippen LogP contribution in [0.4, 0.5) is 5.69 Å². The van der Waals surface area contributed by atoms with Crippen LogP contribution in [-0.2, 0) is 9.53 Å². The molecule has 6 heteroatoms. The van der Waals surface area contributed by atoms with E-state index in [4.69, 9.17) is 4.74 Å². The lowest BCUT2D eigenvalue weighted by Gasteiger charge is -2.07. The SMILES string of the molecule is CCOC(=O)c1sc2nc(C)cc(C)c2c1NC(=O)CC. The molecule has 5 nitrogen and oxygen atoms in total. The molecule has 112 valence electrons. The van der Waals surface area contributed by atoms with Crippen molar-refractivity contribution in [2.24, 2.45) is 0 Å². The lowest BCUT2D eigenvalue weighted by molar-refractivity contribution is -0.115. The Bertz CT molecular complexity index is 706. The van der Waals surface area contributed by atoms with Crippen molar-refractivity contribution in [3.8, 4) is 0 Å². The molecule has 0 unspecified atom stereocenters. The molecular weight excluding hydrogens is 288 g/mol. The minimum atomic E-state index is -0.427. The Morgan fingerprint density at radius 1 is 1.33 bits per heavy atom. The summed E-state index contributed by atoms with van der Waals surface area (Å²) in [5, 5.41) is 3.63. The molecule has 0 atom stereocenters. The molecule has 2 aromatic heterocycles. The van der Waals surface area contributed by atoms with Crippen LogP contribution in [0.3, 0.4) is 0 Å². The molecule has 0 spiro atoms. The second-order valence-electron chi connectivity index (χ2n) is 4.69. The zero-order valence-electron chi connectivity index (χ0n) is 12.6. The molecule has 0 aliphatic rings. The molecule has 0 fully saturated rings. The number of fused-ring (bicyclic) bond motifs is 1. The van der Waals surface area contributed by atoms with E-state index in [1.165, 1.54) is 11.3 Å². The number of anilines is 1. The molecule has 1 N–H and O–H groups in total. The first-order chi connectivity index (χ1) is 9.97. The minimum absolute atomic E-state index is 0.139. The minimum Gasteiger partial charge on any atom is -0.462 e. The van der Waals surface area contributed by atoms with Gasteiger partial charge in [-0.25, -0.2) is 9.78 Å². The number of aromatic nitrogens is 1. The smallest absolute Gasteiger partial charge is 0.350 e. The van der Waals surface area contributed by atoms with Gasteiger partial charge in [-0.15, -0.1) is 11.3 Å². The standard InChI is InChI=1S/C15H18N2O3S/c1-5-10(18)17-12-11-8(3)7-9(4)16-14(11)21-13(12)15(19)20-6-2/h7H,5-6H2,1-4H3,(H,17,18). The number of pyridine rings is 1. The number of esters is 1. The summed E-state index contributed by atoms with van der Waals surface area (Å²) in [6.07, 6.45) is 0.345. The molecule has 0 saturated carbocycles. The van der Waals surface area contributed by atoms with Gasteiger partial charge in [0, 0.05) is 17.5 Å². The van der Waals surface area contributed by atoms with Gasteiger partial charge in [0.2, 0.25) is 5.91 Å². The number of hydrogen-bond donors (Lipinski definition) is 1. The van der Waals surface area contributed by atoms with Crippen molar-refractivity contribution in [3.63, 3.8) is 0 Å². The zero-order valence-corrected chi connectivity index (χ0v) is 13.4. The lowest BCUT2D eigenvalue weighted by Crippen LogP contribution is -2.13. The van der Waals surface area contributed by atoms with E-state index < -0.39 is 5.97 Å². The predicted molar refractivity (Wildman–Crippen MR) is 84.0 cm³/mol. The molecule has 1 amide bonds. The van der Waals surface area contributed by atoms with Crippen molar-refractivity contribution in [2.45, 2.75) is 34.1 Å². The summed E-state index contributed by atoms with van der Waals surface area (Å²) in [5.74, 6) is -0.566. The van der Waals surface area contributed by atoms with Crippen molar-refractivity contribution in [1.29, 1.82) is 0 Å². The number of ether oxygens (including phenoxy) is 1. The molecule has 0 saturated heterocycles. The highest BCUT2D eigenvalue weighted by atomic mass is 32.1. The summed E-state index contributed by atoms with van der Waals surface area (Å²) in [5.41, 5.74) is 2.38. The Balaban J connectivity index is 2.65. The van der Waals surface area contributed by atoms with E-state index in [-0.39, 0.29) is 5.91 Å². The van der Waals surface area contributed by atoms with Gasteiger partial charge in [0.1, 0.15) is 9.71 Å². The average Bonchev–Trinajstić information content (AvgIpc) is 2.77. The highest BCUT2D eigenvalue weighted by Gasteiger charge is 2.23. The third-order valence-electron chi connectivity index (χ3n) is 3.03. The number of thiophene rings is 1. The van der Waals surface area contributed by atoms with E-state index in [0.29, 0.717) is 23.6 Å². The van der Waals surface area contributed by atoms with Gasteiger partial charge in [0.25, 0.3) is 0 Å². The average molecular weight is 306 g/mol. The van der Waals surface area contributed by atoms with Gasteiger partial charge in [-0.2, -0.15) is 0 Å². The van der Waals surface area contributed by atoms with Crippen molar-refractivity contribution in [1.82, 2.24) is 4.98 Å². The summed E-state index contributed by atoms with van der Waals surface area (Å²) in [4.78, 5) is 29.5. The van der Waals surface area contributed by atoms with Gasteiger partial charge in [-0.05, 0) is 32.4 Å². The topological polar surface area (TPSA) is 68.3 Å². The maximum atomic E-state index is 12.1. The van der Waals surface area contributed by atoms with Crippen molar-refractivity contribution < 1.29 is 14.3 Å². The summed E-state index contributed by atoms with van der Waals surface area (Å²) >= 11 is 1.25. The largest absolute Gasteiger partial charge is 0.462 e. The molecule has 0 aliphatic heterocycles. The van der Waals surface area contributed by atoms with Crippen molar-refractivity contribution >= 4 is 39.1 Å². The monoisotopic (exact) mass is 306 g/mol. The van der Waals surface area contributed by atoms with Crippen LogP contribution in [0.1, 0.15) is 41.2 Å². The van der Waals surface area contributed by atoms with Crippen LogP contribution in [0.2, 0.25) is 0 Å². The van der Waals surface area contributed by atoms with E-state index in [1.807, 2.05) is 19.9 Å². The number of aryl methyl sites for hydroxylation is 2. The molecule has 0 aromatic carbocycles. The van der Waals surface area contributed by atoms with Crippen LogP contribution in [0.25, 0.3) is 10.2 Å². The molecule has 0 aliphatic carbocycles. The second kappa shape index (κ2) is 6.22. The van der Waals surface area contributed by atoms with Crippen LogP contribution >= 0.6 is 11.3 Å². The Kier molecular flexibility index (Phi) is 4.57. The number of nitrogens with one attached hydrogen (secondary N) is 1. The third-order valence-corrected chi connectivity index (χ3v) is 4.10. The van der Waals surface area contributed by atoms with E-state index in [1.54, 1.807) is 13.8 Å². The molecule has 21 heavy (non-hydrogen) atoms. The van der Waals surface area contributed by atoms with E-state index >= 15 is 0 Å². The fourth-order valence-electron chi connectivity index (χ4n) is 2.13. The van der Waals surface area contributed by atoms with Crippen molar-refractivity contribution in [2.75, 3.05) is 11.9 Å². The molecule has 2 heterocycles. The first-order valence-corrected chi connectivity index (χ1v) is 7.67. The van der Waals surface area contributed by atoms with E-state index in [2.05, 4.69) is 10.3 Å². The number of rotatable bonds is 4. The van der Waals surface area contributed by atoms with Gasteiger partial charge in [-0.1, -0.05) is 6.92 Å². The van der Waals surface area contributed by atoms with Crippen LogP contribution in [0.15, 0.2) is 6.07 Å². The van der Waals surface area contributed by atoms with Crippen LogP contribution in [0.5, 0.6) is 0 Å². The van der Waals surface area contributed by atoms with Crippen LogP contribution in [0, 0.1) is 13.8 Å². The normalized spacial score (nSPS) is 10.7. The quantitative estimate of drug-likeness (QED) is 0.879. The van der Waals surface area contributed by atoms with Gasteiger partial charge >= 0.3 is 5.97 Å². The maximum Gasteiger partial charge on any atom is 0.350 e. The summed E-state index contributed by atoms with van der Waals surface area (Å²) < 4.78 is 5.08. The van der Waals surface area contributed by atoms with Gasteiger partial charge in [0.15, 0.2) is 0 Å². The molecule has 2 aromatic rings. The number of hydrogen-bond acceptors (Lipinski definition) is 5. The van der Waals surface area contributed by atoms with Crippen LogP contribution < -0.4 is 5.32 Å². The fourth-order valence-corrected chi connectivity index (χ4v) is 3.27. The third kappa shape index (κ3) is 3.05.